The van der Waals surface area contributed by atoms with Gasteiger partial charge in [-0.2, -0.15) is 0 Å². The maximum atomic E-state index is 10.8. The molecule has 3 nitrogen and oxygen atoms in total. The van der Waals surface area contributed by atoms with Gasteiger partial charge in [0.2, 0.25) is 0 Å². The Labute approximate surface area is 99.8 Å². The Kier molecular flexibility index (Phi) is 3.10. The van der Waals surface area contributed by atoms with Crippen molar-refractivity contribution in [2.45, 2.75) is 6.92 Å². The predicted octanol–water partition coefficient (Wildman–Crippen LogP) is 3.12. The van der Waals surface area contributed by atoms with E-state index in [-0.39, 0.29) is 0 Å². The van der Waals surface area contributed by atoms with Crippen molar-refractivity contribution < 1.29 is 9.53 Å². The molecule has 3 heteroatoms. The van der Waals surface area contributed by atoms with Gasteiger partial charge in [-0.15, -0.1) is 0 Å². The molecule has 0 aromatic heterocycles. The number of rotatable bonds is 2. The molecule has 0 aliphatic rings. The molecule has 0 unspecified atom stereocenters. The summed E-state index contributed by atoms with van der Waals surface area (Å²) in [5.74, 6) is 0.476. The molecule has 0 heterocycles. The van der Waals surface area contributed by atoms with Gasteiger partial charge in [0.05, 0.1) is 0 Å². The van der Waals surface area contributed by atoms with Crippen LogP contribution in [0.25, 0.3) is 11.1 Å². The van der Waals surface area contributed by atoms with Crippen molar-refractivity contribution in [1.82, 2.24) is 0 Å². The molecule has 0 spiro atoms. The molecular weight excluding hydrogens is 214 g/mol. The number of benzene rings is 2. The molecule has 86 valence electrons. The lowest BCUT2D eigenvalue weighted by molar-refractivity contribution is 0.211. The van der Waals surface area contributed by atoms with Crippen LogP contribution >= 0.6 is 0 Å². The molecular formula is C14H13NO2. The number of primary amides is 1. The van der Waals surface area contributed by atoms with E-state index in [4.69, 9.17) is 10.5 Å². The van der Waals surface area contributed by atoms with E-state index < -0.39 is 6.09 Å². The summed E-state index contributed by atoms with van der Waals surface area (Å²) < 4.78 is 4.97. The van der Waals surface area contributed by atoms with Crippen LogP contribution in [-0.4, -0.2) is 6.09 Å². The third-order valence-corrected chi connectivity index (χ3v) is 2.46. The summed E-state index contributed by atoms with van der Waals surface area (Å²) in [6.07, 6.45) is -0.801. The standard InChI is InChI=1S/C14H13NO2/c1-10-6-8-11(9-7-10)12-4-2-3-5-13(12)17-14(15)16/h2-9H,1H3,(H2,15,16). The van der Waals surface area contributed by atoms with Crippen molar-refractivity contribution in [1.29, 1.82) is 0 Å². The summed E-state index contributed by atoms with van der Waals surface area (Å²) >= 11 is 0. The molecule has 2 aromatic rings. The number of aryl methyl sites for hydroxylation is 1. The first-order valence-electron chi connectivity index (χ1n) is 5.30. The van der Waals surface area contributed by atoms with Crippen LogP contribution in [0.15, 0.2) is 48.5 Å². The second-order valence-electron chi connectivity index (χ2n) is 3.78. The van der Waals surface area contributed by atoms with Gasteiger partial charge in [-0.1, -0.05) is 48.0 Å². The first-order chi connectivity index (χ1) is 8.16. The summed E-state index contributed by atoms with van der Waals surface area (Å²) in [7, 11) is 0. The number of para-hydroxylation sites is 1. The molecule has 0 radical (unpaired) electrons. The van der Waals surface area contributed by atoms with Crippen molar-refractivity contribution in [3.05, 3.63) is 54.1 Å². The van der Waals surface area contributed by atoms with Gasteiger partial charge in [-0.25, -0.2) is 4.79 Å². The highest BCUT2D eigenvalue weighted by molar-refractivity contribution is 5.76. The van der Waals surface area contributed by atoms with Crippen LogP contribution in [0.1, 0.15) is 5.56 Å². The van der Waals surface area contributed by atoms with E-state index in [1.54, 1.807) is 12.1 Å². The highest BCUT2D eigenvalue weighted by Gasteiger charge is 2.07. The third-order valence-electron chi connectivity index (χ3n) is 2.46. The van der Waals surface area contributed by atoms with Crippen LogP contribution in [0.4, 0.5) is 4.79 Å². The lowest BCUT2D eigenvalue weighted by atomic mass is 10.0. The van der Waals surface area contributed by atoms with E-state index in [0.29, 0.717) is 5.75 Å². The average Bonchev–Trinajstić information content (AvgIpc) is 2.30. The number of hydrogen-bond acceptors (Lipinski definition) is 2. The van der Waals surface area contributed by atoms with Gasteiger partial charge in [-0.3, -0.25) is 0 Å². The fraction of sp³-hybridized carbons (Fsp3) is 0.0714. The molecule has 2 N–H and O–H groups in total. The molecule has 0 bridgehead atoms. The Bertz CT molecular complexity index is 532. The van der Waals surface area contributed by atoms with Crippen molar-refractivity contribution in [2.24, 2.45) is 5.73 Å². The summed E-state index contributed by atoms with van der Waals surface area (Å²) in [6.45, 7) is 2.02. The van der Waals surface area contributed by atoms with Crippen LogP contribution in [-0.2, 0) is 0 Å². The third kappa shape index (κ3) is 2.64. The minimum absolute atomic E-state index is 0.476. The van der Waals surface area contributed by atoms with Gasteiger partial charge in [0.1, 0.15) is 5.75 Å². The maximum absolute atomic E-state index is 10.8. The zero-order chi connectivity index (χ0) is 12.3. The molecule has 0 saturated heterocycles. The van der Waals surface area contributed by atoms with Crippen LogP contribution in [0.2, 0.25) is 0 Å². The summed E-state index contributed by atoms with van der Waals surface area (Å²) in [5, 5.41) is 0. The first-order valence-corrected chi connectivity index (χ1v) is 5.30. The van der Waals surface area contributed by atoms with E-state index in [9.17, 15) is 4.79 Å². The molecule has 17 heavy (non-hydrogen) atoms. The van der Waals surface area contributed by atoms with Gasteiger partial charge in [-0.05, 0) is 18.6 Å². The van der Waals surface area contributed by atoms with Crippen LogP contribution in [0.5, 0.6) is 5.75 Å². The van der Waals surface area contributed by atoms with Crippen molar-refractivity contribution in [3.63, 3.8) is 0 Å². The molecule has 0 aliphatic carbocycles. The average molecular weight is 227 g/mol. The van der Waals surface area contributed by atoms with Crippen molar-refractivity contribution >= 4 is 6.09 Å². The van der Waals surface area contributed by atoms with E-state index in [1.165, 1.54) is 5.56 Å². The number of carbonyl (C=O) groups excluding carboxylic acids is 1. The second-order valence-corrected chi connectivity index (χ2v) is 3.78. The minimum atomic E-state index is -0.801. The number of ether oxygens (including phenoxy) is 1. The van der Waals surface area contributed by atoms with Crippen LogP contribution in [0.3, 0.4) is 0 Å². The molecule has 2 rings (SSSR count). The molecule has 0 aliphatic heterocycles. The van der Waals surface area contributed by atoms with E-state index in [0.717, 1.165) is 11.1 Å². The number of amides is 1. The van der Waals surface area contributed by atoms with Gasteiger partial charge >= 0.3 is 6.09 Å². The zero-order valence-electron chi connectivity index (χ0n) is 9.51. The molecule has 0 fully saturated rings. The monoisotopic (exact) mass is 227 g/mol. The lowest BCUT2D eigenvalue weighted by Crippen LogP contribution is -2.16. The molecule has 0 atom stereocenters. The number of carbonyl (C=O) groups is 1. The van der Waals surface area contributed by atoms with Gasteiger partial charge in [0, 0.05) is 5.56 Å². The van der Waals surface area contributed by atoms with E-state index in [1.807, 2.05) is 43.3 Å². The van der Waals surface area contributed by atoms with Gasteiger partial charge < -0.3 is 10.5 Å². The smallest absolute Gasteiger partial charge is 0.409 e. The Morgan fingerprint density at radius 2 is 1.71 bits per heavy atom. The van der Waals surface area contributed by atoms with Crippen LogP contribution < -0.4 is 10.5 Å². The minimum Gasteiger partial charge on any atom is -0.410 e. The summed E-state index contributed by atoms with van der Waals surface area (Å²) in [4.78, 5) is 10.8. The Morgan fingerprint density at radius 1 is 1.06 bits per heavy atom. The zero-order valence-corrected chi connectivity index (χ0v) is 9.51. The SMILES string of the molecule is Cc1ccc(-c2ccccc2OC(N)=O)cc1. The summed E-state index contributed by atoms with van der Waals surface area (Å²) in [6, 6.07) is 15.3. The largest absolute Gasteiger partial charge is 0.410 e. The Hall–Kier alpha value is -2.29. The fourth-order valence-corrected chi connectivity index (χ4v) is 1.64. The Morgan fingerprint density at radius 3 is 2.35 bits per heavy atom. The molecule has 0 saturated carbocycles. The van der Waals surface area contributed by atoms with Gasteiger partial charge in [0.25, 0.3) is 0 Å². The lowest BCUT2D eigenvalue weighted by Gasteiger charge is -2.08. The topological polar surface area (TPSA) is 52.3 Å². The van der Waals surface area contributed by atoms with Gasteiger partial charge in [0.15, 0.2) is 0 Å². The van der Waals surface area contributed by atoms with Crippen LogP contribution in [0, 0.1) is 6.92 Å². The second kappa shape index (κ2) is 4.70. The number of nitrogens with two attached hydrogens (primary N) is 1. The predicted molar refractivity (Wildman–Crippen MR) is 66.8 cm³/mol. The maximum Gasteiger partial charge on any atom is 0.409 e. The van der Waals surface area contributed by atoms with E-state index in [2.05, 4.69) is 0 Å². The van der Waals surface area contributed by atoms with Crippen molar-refractivity contribution in [2.75, 3.05) is 0 Å². The molecule has 2 aromatic carbocycles. The Balaban J connectivity index is 2.44. The summed E-state index contributed by atoms with van der Waals surface area (Å²) in [5.41, 5.74) is 8.06. The molecule has 1 amide bonds. The normalized spacial score (nSPS) is 9.94. The number of hydrogen-bond donors (Lipinski definition) is 1. The van der Waals surface area contributed by atoms with E-state index >= 15 is 0 Å². The highest BCUT2D eigenvalue weighted by Crippen LogP contribution is 2.29. The fourth-order valence-electron chi connectivity index (χ4n) is 1.64. The van der Waals surface area contributed by atoms with Crippen molar-refractivity contribution in [3.8, 4) is 16.9 Å². The first kappa shape index (κ1) is 11.2. The highest BCUT2D eigenvalue weighted by atomic mass is 16.5. The quantitative estimate of drug-likeness (QED) is 0.856.